The van der Waals surface area contributed by atoms with Crippen LogP contribution >= 0.6 is 0 Å². The summed E-state index contributed by atoms with van der Waals surface area (Å²) in [5.74, 6) is -0.235. The molecule has 176 valence electrons. The van der Waals surface area contributed by atoms with Crippen LogP contribution in [0.5, 0.6) is 0 Å². The maximum absolute atomic E-state index is 12.8. The van der Waals surface area contributed by atoms with Crippen LogP contribution in [-0.4, -0.2) is 37.0 Å². The molecule has 0 saturated carbocycles. The van der Waals surface area contributed by atoms with E-state index >= 15 is 0 Å². The number of carbonyl (C=O) groups is 2. The fourth-order valence-electron chi connectivity index (χ4n) is 3.07. The third-order valence-corrected chi connectivity index (χ3v) is 4.87. The first-order valence-electron chi connectivity index (χ1n) is 10.6. The van der Waals surface area contributed by atoms with Crippen LogP contribution in [0.4, 0.5) is 5.69 Å². The maximum Gasteiger partial charge on any atom is 0.270 e. The summed E-state index contributed by atoms with van der Waals surface area (Å²) in [6.45, 7) is 2.76. The van der Waals surface area contributed by atoms with Gasteiger partial charge in [0.05, 0.1) is 4.92 Å². The molecule has 2 N–H and O–H groups in total. The van der Waals surface area contributed by atoms with Crippen LogP contribution in [0.15, 0.2) is 70.8 Å². The largest absolute Gasteiger partial charge is 0.457 e. The number of amides is 2. The van der Waals surface area contributed by atoms with E-state index in [9.17, 15) is 19.7 Å². The number of rotatable bonds is 10. The van der Waals surface area contributed by atoms with E-state index in [0.29, 0.717) is 42.2 Å². The molecule has 3 rings (SSSR count). The summed E-state index contributed by atoms with van der Waals surface area (Å²) in [4.78, 5) is 36.1. The predicted octanol–water partition coefficient (Wildman–Crippen LogP) is 4.09. The quantitative estimate of drug-likeness (QED) is 0.202. The molecule has 0 bridgehead atoms. The molecular weight excluding hydrogens is 438 g/mol. The van der Waals surface area contributed by atoms with Gasteiger partial charge in [0.25, 0.3) is 17.5 Å². The number of furan rings is 1. The van der Waals surface area contributed by atoms with Crippen LogP contribution in [-0.2, 0) is 9.53 Å². The maximum atomic E-state index is 12.8. The van der Waals surface area contributed by atoms with Gasteiger partial charge in [-0.15, -0.1) is 0 Å². The van der Waals surface area contributed by atoms with E-state index in [-0.39, 0.29) is 11.4 Å². The summed E-state index contributed by atoms with van der Waals surface area (Å²) in [6.07, 6.45) is 2.03. The fraction of sp³-hybridized carbons (Fsp3) is 0.200. The van der Waals surface area contributed by atoms with Crippen molar-refractivity contribution in [2.45, 2.75) is 13.3 Å². The zero-order chi connectivity index (χ0) is 24.5. The van der Waals surface area contributed by atoms with Crippen molar-refractivity contribution in [1.82, 2.24) is 10.6 Å². The Morgan fingerprint density at radius 1 is 1.12 bits per heavy atom. The third kappa shape index (κ3) is 6.63. The number of nitro benzene ring substituents is 1. The predicted molar refractivity (Wildman–Crippen MR) is 127 cm³/mol. The molecule has 1 heterocycles. The molecule has 2 aromatic carbocycles. The summed E-state index contributed by atoms with van der Waals surface area (Å²) >= 11 is 0. The van der Waals surface area contributed by atoms with Crippen LogP contribution in [0, 0.1) is 17.0 Å². The Kier molecular flexibility index (Phi) is 8.31. The number of hydrogen-bond donors (Lipinski definition) is 2. The number of aryl methyl sites for hydroxylation is 1. The normalized spacial score (nSPS) is 11.2. The number of nitro groups is 1. The van der Waals surface area contributed by atoms with Gasteiger partial charge in [-0.25, -0.2) is 0 Å². The lowest BCUT2D eigenvalue weighted by Crippen LogP contribution is -2.35. The second-order valence-electron chi connectivity index (χ2n) is 7.49. The van der Waals surface area contributed by atoms with Crippen molar-refractivity contribution in [1.29, 1.82) is 0 Å². The second kappa shape index (κ2) is 11.6. The third-order valence-electron chi connectivity index (χ3n) is 4.87. The Bertz CT molecular complexity index is 1200. The van der Waals surface area contributed by atoms with E-state index in [2.05, 4.69) is 10.6 Å². The van der Waals surface area contributed by atoms with Gasteiger partial charge >= 0.3 is 0 Å². The highest BCUT2D eigenvalue weighted by Crippen LogP contribution is 2.26. The lowest BCUT2D eigenvalue weighted by atomic mass is 10.1. The van der Waals surface area contributed by atoms with Crippen LogP contribution in [0.1, 0.15) is 28.1 Å². The molecular formula is C25H25N3O6. The van der Waals surface area contributed by atoms with Crippen molar-refractivity contribution < 1.29 is 23.7 Å². The zero-order valence-electron chi connectivity index (χ0n) is 18.9. The first-order valence-corrected chi connectivity index (χ1v) is 10.6. The number of hydrogen-bond acceptors (Lipinski definition) is 6. The lowest BCUT2D eigenvalue weighted by molar-refractivity contribution is -0.384. The van der Waals surface area contributed by atoms with Crippen LogP contribution in [0.25, 0.3) is 17.4 Å². The van der Waals surface area contributed by atoms with Crippen LogP contribution < -0.4 is 10.6 Å². The van der Waals surface area contributed by atoms with Gasteiger partial charge in [0, 0.05) is 49.6 Å². The van der Waals surface area contributed by atoms with E-state index in [0.717, 1.165) is 5.56 Å². The van der Waals surface area contributed by atoms with Gasteiger partial charge in [0.2, 0.25) is 0 Å². The summed E-state index contributed by atoms with van der Waals surface area (Å²) in [5.41, 5.74) is 1.87. The lowest BCUT2D eigenvalue weighted by Gasteiger charge is -2.11. The minimum Gasteiger partial charge on any atom is -0.457 e. The van der Waals surface area contributed by atoms with Crippen molar-refractivity contribution in [3.8, 4) is 11.3 Å². The van der Waals surface area contributed by atoms with Gasteiger partial charge in [-0.3, -0.25) is 19.7 Å². The number of carbonyl (C=O) groups excluding carboxylic acids is 2. The molecule has 0 aliphatic heterocycles. The number of nitrogens with one attached hydrogen (secondary N) is 2. The van der Waals surface area contributed by atoms with E-state index in [1.165, 1.54) is 18.2 Å². The van der Waals surface area contributed by atoms with Crippen molar-refractivity contribution in [3.05, 3.63) is 93.4 Å². The molecule has 34 heavy (non-hydrogen) atoms. The monoisotopic (exact) mass is 463 g/mol. The summed E-state index contributed by atoms with van der Waals surface area (Å²) in [5, 5.41) is 16.4. The van der Waals surface area contributed by atoms with E-state index in [1.54, 1.807) is 55.6 Å². The first-order chi connectivity index (χ1) is 16.4. The molecule has 0 aliphatic carbocycles. The van der Waals surface area contributed by atoms with Crippen LogP contribution in [0.3, 0.4) is 0 Å². The highest BCUT2D eigenvalue weighted by molar-refractivity contribution is 6.05. The summed E-state index contributed by atoms with van der Waals surface area (Å²) < 4.78 is 10.8. The first kappa shape index (κ1) is 24.4. The molecule has 0 unspecified atom stereocenters. The smallest absolute Gasteiger partial charge is 0.270 e. The van der Waals surface area contributed by atoms with Crippen molar-refractivity contribution in [2.24, 2.45) is 0 Å². The van der Waals surface area contributed by atoms with Gasteiger partial charge in [-0.1, -0.05) is 29.8 Å². The Morgan fingerprint density at radius 3 is 2.59 bits per heavy atom. The van der Waals surface area contributed by atoms with E-state index in [4.69, 9.17) is 9.15 Å². The fourth-order valence-corrected chi connectivity index (χ4v) is 3.07. The molecule has 0 aliphatic rings. The van der Waals surface area contributed by atoms with Gasteiger partial charge < -0.3 is 19.8 Å². The molecule has 9 heteroatoms. The number of non-ortho nitro benzene ring substituents is 1. The Morgan fingerprint density at radius 2 is 1.88 bits per heavy atom. The summed E-state index contributed by atoms with van der Waals surface area (Å²) in [6, 6.07) is 16.2. The van der Waals surface area contributed by atoms with Crippen molar-refractivity contribution >= 4 is 23.6 Å². The molecule has 9 nitrogen and oxygen atoms in total. The molecule has 0 spiro atoms. The molecule has 0 radical (unpaired) electrons. The Hall–Kier alpha value is -4.24. The molecule has 3 aromatic rings. The highest BCUT2D eigenvalue weighted by Gasteiger charge is 2.16. The van der Waals surface area contributed by atoms with E-state index in [1.807, 2.05) is 6.92 Å². The van der Waals surface area contributed by atoms with Crippen LogP contribution in [0.2, 0.25) is 0 Å². The highest BCUT2D eigenvalue weighted by atomic mass is 16.6. The number of ether oxygens (including phenoxy) is 1. The zero-order valence-corrected chi connectivity index (χ0v) is 18.9. The number of benzene rings is 2. The van der Waals surface area contributed by atoms with Gasteiger partial charge in [-0.2, -0.15) is 0 Å². The Labute approximate surface area is 196 Å². The van der Waals surface area contributed by atoms with Gasteiger partial charge in [0.1, 0.15) is 17.2 Å². The average Bonchev–Trinajstić information content (AvgIpc) is 3.30. The number of nitrogens with zero attached hydrogens (tertiary/aromatic N) is 1. The average molecular weight is 463 g/mol. The molecule has 1 aromatic heterocycles. The Balaban J connectivity index is 1.84. The second-order valence-corrected chi connectivity index (χ2v) is 7.49. The topological polar surface area (TPSA) is 124 Å². The van der Waals surface area contributed by atoms with Gasteiger partial charge in [0.15, 0.2) is 0 Å². The van der Waals surface area contributed by atoms with E-state index < -0.39 is 16.7 Å². The van der Waals surface area contributed by atoms with Crippen molar-refractivity contribution in [2.75, 3.05) is 20.3 Å². The molecule has 0 atom stereocenters. The molecule has 0 saturated heterocycles. The SMILES string of the molecule is COCCCNC(=O)/C(=C\c1ccc(-c2cccc([N+](=O)[O-])c2)o1)NC(=O)c1ccc(C)cc1. The van der Waals surface area contributed by atoms with Gasteiger partial charge in [-0.05, 0) is 37.6 Å². The summed E-state index contributed by atoms with van der Waals surface area (Å²) in [7, 11) is 1.57. The molecule has 2 amide bonds. The minimum atomic E-state index is -0.486. The standard InChI is InChI=1S/C25H25N3O6/c1-17-7-9-18(10-8-17)24(29)27-22(25(30)26-13-4-14-33-2)16-21-11-12-23(34-21)19-5-3-6-20(15-19)28(31)32/h3,5-12,15-16H,4,13-14H2,1-2H3,(H,26,30)(H,27,29)/b22-16+. The van der Waals surface area contributed by atoms with Crippen molar-refractivity contribution in [3.63, 3.8) is 0 Å². The molecule has 0 fully saturated rings. The number of methoxy groups -OCH3 is 1. The minimum absolute atomic E-state index is 0.00272.